The molecule has 25 heavy (non-hydrogen) atoms. The van der Waals surface area contributed by atoms with Crippen LogP contribution in [0.3, 0.4) is 0 Å². The first-order chi connectivity index (χ1) is 12.2. The molecule has 6 nitrogen and oxygen atoms in total. The van der Waals surface area contributed by atoms with Crippen LogP contribution in [0, 0.1) is 0 Å². The average Bonchev–Trinajstić information content (AvgIpc) is 3.09. The van der Waals surface area contributed by atoms with Crippen LogP contribution in [0.2, 0.25) is 0 Å². The Labute approximate surface area is 147 Å². The highest BCUT2D eigenvalue weighted by atomic mass is 16.7. The van der Waals surface area contributed by atoms with Crippen molar-refractivity contribution in [3.05, 3.63) is 54.1 Å². The van der Waals surface area contributed by atoms with Crippen LogP contribution in [-0.2, 0) is 4.74 Å². The number of amides is 2. The Bertz CT molecular complexity index is 706. The number of hydrogen-bond donors (Lipinski definition) is 2. The Hall–Kier alpha value is -2.73. The lowest BCUT2D eigenvalue weighted by Gasteiger charge is -2.13. The third-order valence-electron chi connectivity index (χ3n) is 3.87. The predicted octanol–water partition coefficient (Wildman–Crippen LogP) is 3.70. The van der Waals surface area contributed by atoms with E-state index in [4.69, 9.17) is 14.2 Å². The molecule has 1 atom stereocenters. The molecule has 0 fully saturated rings. The molecular weight excluding hydrogens is 320 g/mol. The number of urea groups is 1. The predicted molar refractivity (Wildman–Crippen MR) is 95.0 cm³/mol. The Balaban J connectivity index is 1.33. The molecule has 0 saturated heterocycles. The van der Waals surface area contributed by atoms with E-state index in [1.54, 1.807) is 18.2 Å². The summed E-state index contributed by atoms with van der Waals surface area (Å²) in [5, 5.41) is 5.58. The summed E-state index contributed by atoms with van der Waals surface area (Å²) in [6.45, 7) is 3.36. The van der Waals surface area contributed by atoms with Crippen molar-refractivity contribution in [1.82, 2.24) is 5.32 Å². The number of nitrogens with one attached hydrogen (secondary N) is 2. The normalized spacial score (nSPS) is 13.3. The molecule has 1 aliphatic heterocycles. The minimum Gasteiger partial charge on any atom is -0.454 e. The van der Waals surface area contributed by atoms with Crippen LogP contribution < -0.4 is 20.1 Å². The van der Waals surface area contributed by atoms with E-state index in [0.717, 1.165) is 12.0 Å². The Morgan fingerprint density at radius 2 is 1.96 bits per heavy atom. The smallest absolute Gasteiger partial charge is 0.319 e. The van der Waals surface area contributed by atoms with Gasteiger partial charge in [0.1, 0.15) is 0 Å². The number of ether oxygens (including phenoxy) is 3. The number of anilines is 1. The maximum Gasteiger partial charge on any atom is 0.319 e. The van der Waals surface area contributed by atoms with Crippen LogP contribution in [0.15, 0.2) is 48.5 Å². The van der Waals surface area contributed by atoms with Gasteiger partial charge < -0.3 is 24.8 Å². The summed E-state index contributed by atoms with van der Waals surface area (Å²) in [6, 6.07) is 15.1. The van der Waals surface area contributed by atoms with E-state index < -0.39 is 0 Å². The molecule has 132 valence electrons. The summed E-state index contributed by atoms with van der Waals surface area (Å²) < 4.78 is 16.3. The van der Waals surface area contributed by atoms with E-state index in [-0.39, 0.29) is 18.9 Å². The molecular formula is C19H22N2O4. The molecule has 0 saturated carbocycles. The second kappa shape index (κ2) is 8.39. The topological polar surface area (TPSA) is 68.8 Å². The highest BCUT2D eigenvalue weighted by molar-refractivity contribution is 5.89. The fourth-order valence-corrected chi connectivity index (χ4v) is 2.50. The second-order valence-electron chi connectivity index (χ2n) is 5.73. The van der Waals surface area contributed by atoms with Crippen molar-refractivity contribution < 1.29 is 19.0 Å². The monoisotopic (exact) mass is 342 g/mol. The quantitative estimate of drug-likeness (QED) is 0.753. The summed E-state index contributed by atoms with van der Waals surface area (Å²) in [7, 11) is 0. The highest BCUT2D eigenvalue weighted by Gasteiger charge is 2.14. The van der Waals surface area contributed by atoms with Crippen LogP contribution in [-0.4, -0.2) is 26.0 Å². The molecule has 1 aliphatic rings. The van der Waals surface area contributed by atoms with Gasteiger partial charge in [0.2, 0.25) is 6.79 Å². The summed E-state index contributed by atoms with van der Waals surface area (Å²) in [5.41, 5.74) is 1.81. The van der Waals surface area contributed by atoms with Gasteiger partial charge in [-0.25, -0.2) is 4.79 Å². The van der Waals surface area contributed by atoms with Crippen molar-refractivity contribution in [2.75, 3.05) is 25.3 Å². The van der Waals surface area contributed by atoms with Gasteiger partial charge in [-0.3, -0.25) is 0 Å². The van der Waals surface area contributed by atoms with Crippen LogP contribution in [0.25, 0.3) is 0 Å². The molecule has 0 unspecified atom stereocenters. The van der Waals surface area contributed by atoms with Crippen molar-refractivity contribution in [2.24, 2.45) is 0 Å². The van der Waals surface area contributed by atoms with Gasteiger partial charge in [-0.1, -0.05) is 30.3 Å². The lowest BCUT2D eigenvalue weighted by atomic mass is 10.1. The Morgan fingerprint density at radius 1 is 1.16 bits per heavy atom. The molecule has 1 heterocycles. The third kappa shape index (κ3) is 4.87. The second-order valence-corrected chi connectivity index (χ2v) is 5.73. The van der Waals surface area contributed by atoms with Gasteiger partial charge in [-0.05, 0) is 31.0 Å². The van der Waals surface area contributed by atoms with Gasteiger partial charge in [0.15, 0.2) is 11.5 Å². The minimum absolute atomic E-state index is 0.0451. The number of carbonyl (C=O) groups excluding carboxylic acids is 1. The van der Waals surface area contributed by atoms with Crippen LogP contribution in [0.5, 0.6) is 11.5 Å². The van der Waals surface area contributed by atoms with E-state index in [2.05, 4.69) is 10.6 Å². The molecule has 2 N–H and O–H groups in total. The molecule has 2 amide bonds. The summed E-state index contributed by atoms with van der Waals surface area (Å²) in [6.07, 6.45) is 0.787. The molecule has 0 spiro atoms. The molecule has 0 radical (unpaired) electrons. The Kier molecular flexibility index (Phi) is 5.74. The molecule has 2 aromatic rings. The molecule has 6 heteroatoms. The molecule has 0 bridgehead atoms. The van der Waals surface area contributed by atoms with Gasteiger partial charge in [0, 0.05) is 24.9 Å². The van der Waals surface area contributed by atoms with Gasteiger partial charge >= 0.3 is 6.03 Å². The number of fused-ring (bicyclic) bond motifs is 1. The lowest BCUT2D eigenvalue weighted by Crippen LogP contribution is -2.30. The fourth-order valence-electron chi connectivity index (χ4n) is 2.50. The van der Waals surface area contributed by atoms with Crippen molar-refractivity contribution >= 4 is 11.7 Å². The SMILES string of the molecule is C[C@H](OCCCNC(=O)Nc1ccc2c(c1)OCO2)c1ccccc1. The van der Waals surface area contributed by atoms with Crippen LogP contribution >= 0.6 is 0 Å². The zero-order valence-corrected chi connectivity index (χ0v) is 14.2. The molecule has 0 aromatic heterocycles. The number of rotatable bonds is 7. The summed E-state index contributed by atoms with van der Waals surface area (Å²) >= 11 is 0. The van der Waals surface area contributed by atoms with Crippen LogP contribution in [0.4, 0.5) is 10.5 Å². The summed E-state index contributed by atoms with van der Waals surface area (Å²) in [5.74, 6) is 1.33. The summed E-state index contributed by atoms with van der Waals surface area (Å²) in [4.78, 5) is 11.9. The van der Waals surface area contributed by atoms with Gasteiger partial charge in [0.05, 0.1) is 6.10 Å². The standard InChI is InChI=1S/C19H22N2O4/c1-14(15-6-3-2-4-7-15)23-11-5-10-20-19(22)21-16-8-9-17-18(12-16)25-13-24-17/h2-4,6-9,12,14H,5,10-11,13H2,1H3,(H2,20,21,22)/t14-/m0/s1. The van der Waals surface area contributed by atoms with E-state index in [1.165, 1.54) is 0 Å². The van der Waals surface area contributed by atoms with E-state index >= 15 is 0 Å². The largest absolute Gasteiger partial charge is 0.454 e. The van der Waals surface area contributed by atoms with Gasteiger partial charge in [-0.2, -0.15) is 0 Å². The van der Waals surface area contributed by atoms with Crippen molar-refractivity contribution in [3.63, 3.8) is 0 Å². The van der Waals surface area contributed by atoms with E-state index in [1.807, 2.05) is 37.3 Å². The first kappa shape index (κ1) is 17.1. The fraction of sp³-hybridized carbons (Fsp3) is 0.316. The van der Waals surface area contributed by atoms with Crippen molar-refractivity contribution in [1.29, 1.82) is 0 Å². The molecule has 0 aliphatic carbocycles. The average molecular weight is 342 g/mol. The first-order valence-electron chi connectivity index (χ1n) is 8.33. The lowest BCUT2D eigenvalue weighted by molar-refractivity contribution is 0.0644. The van der Waals surface area contributed by atoms with E-state index in [9.17, 15) is 4.79 Å². The van der Waals surface area contributed by atoms with Crippen LogP contribution in [0.1, 0.15) is 25.0 Å². The van der Waals surface area contributed by atoms with Gasteiger partial charge in [-0.15, -0.1) is 0 Å². The minimum atomic E-state index is -0.255. The first-order valence-corrected chi connectivity index (χ1v) is 8.33. The van der Waals surface area contributed by atoms with Crippen molar-refractivity contribution in [3.8, 4) is 11.5 Å². The maximum atomic E-state index is 11.9. The van der Waals surface area contributed by atoms with Crippen molar-refractivity contribution in [2.45, 2.75) is 19.4 Å². The third-order valence-corrected chi connectivity index (χ3v) is 3.87. The molecule has 2 aromatic carbocycles. The zero-order valence-electron chi connectivity index (χ0n) is 14.2. The highest BCUT2D eigenvalue weighted by Crippen LogP contribution is 2.34. The Morgan fingerprint density at radius 3 is 2.80 bits per heavy atom. The number of carbonyl (C=O) groups is 1. The maximum absolute atomic E-state index is 11.9. The number of benzene rings is 2. The zero-order chi connectivity index (χ0) is 17.5. The van der Waals surface area contributed by atoms with Gasteiger partial charge in [0.25, 0.3) is 0 Å². The number of hydrogen-bond acceptors (Lipinski definition) is 4. The van der Waals surface area contributed by atoms with E-state index in [0.29, 0.717) is 30.3 Å². The molecule has 3 rings (SSSR count).